The van der Waals surface area contributed by atoms with Crippen molar-refractivity contribution in [2.45, 2.75) is 20.4 Å². The minimum absolute atomic E-state index is 0.198. The van der Waals surface area contributed by atoms with E-state index in [1.807, 2.05) is 19.1 Å². The number of ether oxygens (including phenoxy) is 1. The molecule has 2 heterocycles. The predicted octanol–water partition coefficient (Wildman–Crippen LogP) is 2.62. The van der Waals surface area contributed by atoms with Crippen LogP contribution in [0.3, 0.4) is 0 Å². The molecule has 0 aromatic carbocycles. The first-order chi connectivity index (χ1) is 9.60. The molecule has 106 valence electrons. The zero-order valence-electron chi connectivity index (χ0n) is 11.1. The van der Waals surface area contributed by atoms with Crippen LogP contribution in [0, 0.1) is 6.92 Å². The fraction of sp³-hybridized carbons (Fsp3) is 0.308. The SMILES string of the molecule is CCOC(=O)c1nc(C(=O)NCc2ccc(C)s2)cs1. The van der Waals surface area contributed by atoms with E-state index in [-0.39, 0.29) is 23.2 Å². The number of thiazole rings is 1. The van der Waals surface area contributed by atoms with Gasteiger partial charge in [-0.1, -0.05) is 0 Å². The number of carbonyl (C=O) groups is 2. The van der Waals surface area contributed by atoms with Gasteiger partial charge in [0.25, 0.3) is 5.91 Å². The number of rotatable bonds is 5. The van der Waals surface area contributed by atoms with Crippen molar-refractivity contribution >= 4 is 34.6 Å². The van der Waals surface area contributed by atoms with Crippen LogP contribution < -0.4 is 5.32 Å². The largest absolute Gasteiger partial charge is 0.461 e. The maximum absolute atomic E-state index is 11.9. The molecule has 0 bridgehead atoms. The molecule has 0 aliphatic rings. The smallest absolute Gasteiger partial charge is 0.367 e. The normalized spacial score (nSPS) is 10.3. The van der Waals surface area contributed by atoms with Gasteiger partial charge in [0.2, 0.25) is 5.01 Å². The molecule has 0 spiro atoms. The summed E-state index contributed by atoms with van der Waals surface area (Å²) in [5, 5.41) is 4.53. The zero-order chi connectivity index (χ0) is 14.5. The lowest BCUT2D eigenvalue weighted by Crippen LogP contribution is -2.22. The minimum atomic E-state index is -0.495. The lowest BCUT2D eigenvalue weighted by atomic mass is 10.4. The van der Waals surface area contributed by atoms with Crippen LogP contribution >= 0.6 is 22.7 Å². The van der Waals surface area contributed by atoms with E-state index in [9.17, 15) is 9.59 Å². The molecule has 1 N–H and O–H groups in total. The molecular formula is C13H14N2O3S2. The van der Waals surface area contributed by atoms with Gasteiger partial charge in [-0.3, -0.25) is 4.79 Å². The average molecular weight is 310 g/mol. The standard InChI is InChI=1S/C13H14N2O3S2/c1-3-18-13(17)12-15-10(7-19-12)11(16)14-6-9-5-4-8(2)20-9/h4-5,7H,3,6H2,1-2H3,(H,14,16). The lowest BCUT2D eigenvalue weighted by molar-refractivity contribution is 0.0526. The summed E-state index contributed by atoms with van der Waals surface area (Å²) in [5.74, 6) is -0.784. The van der Waals surface area contributed by atoms with Gasteiger partial charge in [-0.05, 0) is 26.0 Å². The molecule has 1 amide bonds. The Morgan fingerprint density at radius 1 is 1.40 bits per heavy atom. The van der Waals surface area contributed by atoms with Crippen LogP contribution in [-0.2, 0) is 11.3 Å². The molecule has 0 aliphatic heterocycles. The molecule has 2 aromatic heterocycles. The molecule has 0 saturated carbocycles. The summed E-state index contributed by atoms with van der Waals surface area (Å²) < 4.78 is 4.83. The van der Waals surface area contributed by atoms with Crippen LogP contribution in [0.5, 0.6) is 0 Å². The number of esters is 1. The van der Waals surface area contributed by atoms with Crippen molar-refractivity contribution in [2.75, 3.05) is 6.61 Å². The molecule has 2 aromatic rings. The van der Waals surface area contributed by atoms with Crippen LogP contribution in [0.15, 0.2) is 17.5 Å². The van der Waals surface area contributed by atoms with Gasteiger partial charge in [-0.25, -0.2) is 9.78 Å². The Balaban J connectivity index is 1.94. The van der Waals surface area contributed by atoms with E-state index >= 15 is 0 Å². The molecule has 0 unspecified atom stereocenters. The summed E-state index contributed by atoms with van der Waals surface area (Å²) in [5.41, 5.74) is 0.242. The maximum atomic E-state index is 11.9. The Kier molecular flexibility index (Phi) is 4.86. The van der Waals surface area contributed by atoms with Gasteiger partial charge in [0, 0.05) is 15.1 Å². The quantitative estimate of drug-likeness (QED) is 0.862. The predicted molar refractivity (Wildman–Crippen MR) is 78.3 cm³/mol. The summed E-state index contributed by atoms with van der Waals surface area (Å²) in [4.78, 5) is 29.6. The number of carbonyl (C=O) groups excluding carboxylic acids is 2. The monoisotopic (exact) mass is 310 g/mol. The number of thiophene rings is 1. The molecule has 0 aliphatic carbocycles. The van der Waals surface area contributed by atoms with E-state index in [1.54, 1.807) is 23.6 Å². The van der Waals surface area contributed by atoms with Crippen LogP contribution in [0.25, 0.3) is 0 Å². The summed E-state index contributed by atoms with van der Waals surface area (Å²) >= 11 is 2.74. The second-order valence-corrected chi connectivity index (χ2v) is 6.18. The highest BCUT2D eigenvalue weighted by Gasteiger charge is 2.16. The van der Waals surface area contributed by atoms with Crippen molar-refractivity contribution < 1.29 is 14.3 Å². The third-order valence-electron chi connectivity index (χ3n) is 2.41. The Morgan fingerprint density at radius 2 is 2.20 bits per heavy atom. The van der Waals surface area contributed by atoms with Gasteiger partial charge < -0.3 is 10.1 Å². The molecule has 2 rings (SSSR count). The summed E-state index contributed by atoms with van der Waals surface area (Å²) in [7, 11) is 0. The third kappa shape index (κ3) is 3.64. The van der Waals surface area contributed by atoms with Crippen molar-refractivity contribution in [2.24, 2.45) is 0 Å². The van der Waals surface area contributed by atoms with Crippen molar-refractivity contribution in [1.82, 2.24) is 10.3 Å². The summed E-state index contributed by atoms with van der Waals surface area (Å²) in [6, 6.07) is 3.99. The van der Waals surface area contributed by atoms with E-state index in [0.29, 0.717) is 6.54 Å². The van der Waals surface area contributed by atoms with Crippen LogP contribution in [0.1, 0.15) is 37.0 Å². The number of amides is 1. The number of nitrogens with one attached hydrogen (secondary N) is 1. The van der Waals surface area contributed by atoms with Gasteiger partial charge >= 0.3 is 5.97 Å². The van der Waals surface area contributed by atoms with Gasteiger partial charge in [-0.15, -0.1) is 22.7 Å². The van der Waals surface area contributed by atoms with Gasteiger partial charge in [0.05, 0.1) is 13.2 Å². The van der Waals surface area contributed by atoms with Gasteiger partial charge in [-0.2, -0.15) is 0 Å². The second kappa shape index (κ2) is 6.62. The number of aryl methyl sites for hydroxylation is 1. The van der Waals surface area contributed by atoms with Crippen molar-refractivity contribution in [3.05, 3.63) is 38.0 Å². The first-order valence-corrected chi connectivity index (χ1v) is 7.76. The fourth-order valence-corrected chi connectivity index (χ4v) is 3.02. The van der Waals surface area contributed by atoms with Gasteiger partial charge in [0.15, 0.2) is 0 Å². The molecule has 5 nitrogen and oxygen atoms in total. The van der Waals surface area contributed by atoms with Crippen LogP contribution in [0.2, 0.25) is 0 Å². The minimum Gasteiger partial charge on any atom is -0.461 e. The number of nitrogens with zero attached hydrogens (tertiary/aromatic N) is 1. The molecule has 0 atom stereocenters. The van der Waals surface area contributed by atoms with Crippen LogP contribution in [-0.4, -0.2) is 23.5 Å². The van der Waals surface area contributed by atoms with Crippen molar-refractivity contribution in [3.63, 3.8) is 0 Å². The highest BCUT2D eigenvalue weighted by atomic mass is 32.1. The summed E-state index contributed by atoms with van der Waals surface area (Å²) in [6.45, 7) is 4.49. The zero-order valence-corrected chi connectivity index (χ0v) is 12.8. The summed E-state index contributed by atoms with van der Waals surface area (Å²) in [6.07, 6.45) is 0. The van der Waals surface area contributed by atoms with E-state index in [4.69, 9.17) is 4.74 Å². The van der Waals surface area contributed by atoms with Gasteiger partial charge in [0.1, 0.15) is 5.69 Å². The first-order valence-electron chi connectivity index (χ1n) is 6.06. The molecule has 20 heavy (non-hydrogen) atoms. The number of aromatic nitrogens is 1. The molecule has 0 fully saturated rings. The van der Waals surface area contributed by atoms with Crippen molar-refractivity contribution in [3.8, 4) is 0 Å². The molecule has 7 heteroatoms. The molecule has 0 saturated heterocycles. The first kappa shape index (κ1) is 14.7. The average Bonchev–Trinajstić information content (AvgIpc) is 3.05. The Labute approximate surface area is 124 Å². The van der Waals surface area contributed by atoms with E-state index in [2.05, 4.69) is 10.3 Å². The lowest BCUT2D eigenvalue weighted by Gasteiger charge is -2.00. The Bertz CT molecular complexity index is 619. The Morgan fingerprint density at radius 3 is 2.85 bits per heavy atom. The topological polar surface area (TPSA) is 68.3 Å². The molecule has 0 radical (unpaired) electrons. The number of hydrogen-bond acceptors (Lipinski definition) is 6. The third-order valence-corrected chi connectivity index (χ3v) is 4.23. The number of hydrogen-bond donors (Lipinski definition) is 1. The highest BCUT2D eigenvalue weighted by molar-refractivity contribution is 7.12. The maximum Gasteiger partial charge on any atom is 0.367 e. The second-order valence-electron chi connectivity index (χ2n) is 3.95. The molecular weight excluding hydrogens is 296 g/mol. The fourth-order valence-electron chi connectivity index (χ4n) is 1.50. The van der Waals surface area contributed by atoms with E-state index in [1.165, 1.54) is 4.88 Å². The van der Waals surface area contributed by atoms with Crippen molar-refractivity contribution in [1.29, 1.82) is 0 Å². The highest BCUT2D eigenvalue weighted by Crippen LogP contribution is 2.15. The Hall–Kier alpha value is -1.73. The van der Waals surface area contributed by atoms with Crippen LogP contribution in [0.4, 0.5) is 0 Å². The van der Waals surface area contributed by atoms with E-state index < -0.39 is 5.97 Å². The van der Waals surface area contributed by atoms with E-state index in [0.717, 1.165) is 16.2 Å².